The Kier molecular flexibility index (Phi) is 3.95. The number of para-hydroxylation sites is 1. The van der Waals surface area contributed by atoms with Crippen molar-refractivity contribution in [3.63, 3.8) is 0 Å². The second kappa shape index (κ2) is 6.31. The van der Waals surface area contributed by atoms with E-state index < -0.39 is 23.6 Å². The fourth-order valence-electron chi connectivity index (χ4n) is 3.45. The number of benzene rings is 2. The lowest BCUT2D eigenvalue weighted by Crippen LogP contribution is -2.52. The third-order valence-electron chi connectivity index (χ3n) is 4.78. The van der Waals surface area contributed by atoms with Gasteiger partial charge >= 0.3 is 12.1 Å². The molecule has 2 aromatic carbocycles. The van der Waals surface area contributed by atoms with Gasteiger partial charge in [0.05, 0.1) is 12.8 Å². The van der Waals surface area contributed by atoms with Crippen LogP contribution in [0.3, 0.4) is 0 Å². The van der Waals surface area contributed by atoms with Crippen LogP contribution in [-0.4, -0.2) is 31.7 Å². The Hall–Kier alpha value is -3.55. The van der Waals surface area contributed by atoms with E-state index >= 15 is 0 Å². The minimum Gasteiger partial charge on any atom is -0.497 e. The first-order valence-electron chi connectivity index (χ1n) is 8.40. The summed E-state index contributed by atoms with van der Waals surface area (Å²) in [4.78, 5) is 38.4. The van der Waals surface area contributed by atoms with Crippen molar-refractivity contribution in [1.82, 2.24) is 10.6 Å². The van der Waals surface area contributed by atoms with Crippen LogP contribution in [-0.2, 0) is 10.3 Å². The van der Waals surface area contributed by atoms with Crippen molar-refractivity contribution in [3.8, 4) is 11.5 Å². The van der Waals surface area contributed by atoms with Crippen molar-refractivity contribution in [1.29, 1.82) is 0 Å². The Morgan fingerprint density at radius 2 is 1.89 bits per heavy atom. The van der Waals surface area contributed by atoms with Gasteiger partial charge < -0.3 is 14.8 Å². The molecule has 0 aromatic heterocycles. The minimum absolute atomic E-state index is 0.194. The molecule has 8 nitrogen and oxygen atoms in total. The molecule has 2 aliphatic heterocycles. The van der Waals surface area contributed by atoms with Crippen LogP contribution in [0.5, 0.6) is 11.5 Å². The van der Waals surface area contributed by atoms with Gasteiger partial charge in [-0.2, -0.15) is 0 Å². The number of anilines is 1. The van der Waals surface area contributed by atoms with Crippen molar-refractivity contribution in [2.45, 2.75) is 12.0 Å². The number of hydrogen-bond acceptors (Lipinski definition) is 5. The van der Waals surface area contributed by atoms with Gasteiger partial charge in [-0.15, -0.1) is 0 Å². The summed E-state index contributed by atoms with van der Waals surface area (Å²) in [5.74, 6) is 0.502. The minimum atomic E-state index is -1.21. The van der Waals surface area contributed by atoms with E-state index in [1.165, 1.54) is 12.0 Å². The maximum Gasteiger partial charge on any atom is 0.419 e. The quantitative estimate of drug-likeness (QED) is 0.793. The first kappa shape index (κ1) is 16.9. The predicted molar refractivity (Wildman–Crippen MR) is 95.8 cm³/mol. The average molecular weight is 367 g/mol. The molecule has 4 amide bonds. The fraction of sp³-hybridized carbons (Fsp3) is 0.211. The lowest BCUT2D eigenvalue weighted by atomic mass is 9.82. The number of fused-ring (bicyclic) bond motifs is 2. The Morgan fingerprint density at radius 3 is 2.56 bits per heavy atom. The van der Waals surface area contributed by atoms with Crippen molar-refractivity contribution in [2.24, 2.45) is 0 Å². The highest BCUT2D eigenvalue weighted by molar-refractivity contribution is 6.09. The SMILES string of the molecule is COc1ccc2c(c1)N(C(=O)Oc1ccccc1)CCC21NC(=O)NC1=O. The second-order valence-corrected chi connectivity index (χ2v) is 6.28. The molecular formula is C19H17N3O5. The smallest absolute Gasteiger partial charge is 0.419 e. The number of carbonyl (C=O) groups excluding carboxylic acids is 3. The number of imide groups is 1. The fourth-order valence-corrected chi connectivity index (χ4v) is 3.45. The van der Waals surface area contributed by atoms with Crippen LogP contribution in [0.1, 0.15) is 12.0 Å². The molecule has 27 heavy (non-hydrogen) atoms. The van der Waals surface area contributed by atoms with Gasteiger partial charge in [0.2, 0.25) is 0 Å². The molecule has 0 aliphatic carbocycles. The first-order chi connectivity index (χ1) is 13.0. The van der Waals surface area contributed by atoms with Gasteiger partial charge in [0.25, 0.3) is 5.91 Å². The highest BCUT2D eigenvalue weighted by Gasteiger charge is 2.52. The molecule has 1 unspecified atom stereocenters. The van der Waals surface area contributed by atoms with Crippen LogP contribution in [0, 0.1) is 0 Å². The summed E-state index contributed by atoms with van der Waals surface area (Å²) < 4.78 is 10.7. The zero-order valence-corrected chi connectivity index (χ0v) is 14.5. The maximum atomic E-state index is 12.8. The average Bonchev–Trinajstić information content (AvgIpc) is 2.96. The van der Waals surface area contributed by atoms with E-state index in [0.29, 0.717) is 22.7 Å². The van der Waals surface area contributed by atoms with E-state index in [1.54, 1.807) is 42.5 Å². The Bertz CT molecular complexity index is 930. The van der Waals surface area contributed by atoms with Crippen LogP contribution in [0.15, 0.2) is 48.5 Å². The summed E-state index contributed by atoms with van der Waals surface area (Å²) in [6, 6.07) is 13.2. The van der Waals surface area contributed by atoms with Gasteiger partial charge in [0, 0.05) is 24.6 Å². The summed E-state index contributed by atoms with van der Waals surface area (Å²) in [5, 5.41) is 4.98. The number of hydrogen-bond donors (Lipinski definition) is 2. The first-order valence-corrected chi connectivity index (χ1v) is 8.40. The summed E-state index contributed by atoms with van der Waals surface area (Å²) >= 11 is 0. The molecular weight excluding hydrogens is 350 g/mol. The predicted octanol–water partition coefficient (Wildman–Crippen LogP) is 2.14. The molecule has 0 radical (unpaired) electrons. The van der Waals surface area contributed by atoms with Gasteiger partial charge in [-0.3, -0.25) is 15.0 Å². The van der Waals surface area contributed by atoms with Crippen molar-refractivity contribution < 1.29 is 23.9 Å². The zero-order valence-electron chi connectivity index (χ0n) is 14.5. The zero-order chi connectivity index (χ0) is 19.0. The number of nitrogens with zero attached hydrogens (tertiary/aromatic N) is 1. The van der Waals surface area contributed by atoms with Crippen LogP contribution in [0.25, 0.3) is 0 Å². The molecule has 0 bridgehead atoms. The number of methoxy groups -OCH3 is 1. The van der Waals surface area contributed by atoms with Gasteiger partial charge in [0.1, 0.15) is 17.0 Å². The number of carbonyl (C=O) groups is 3. The van der Waals surface area contributed by atoms with E-state index in [4.69, 9.17) is 9.47 Å². The molecule has 2 aromatic rings. The van der Waals surface area contributed by atoms with Crippen LogP contribution in [0.2, 0.25) is 0 Å². The number of rotatable bonds is 2. The topological polar surface area (TPSA) is 97.0 Å². The molecule has 0 saturated carbocycles. The summed E-state index contributed by atoms with van der Waals surface area (Å²) in [7, 11) is 1.51. The second-order valence-electron chi connectivity index (χ2n) is 6.28. The van der Waals surface area contributed by atoms with Gasteiger partial charge in [0.15, 0.2) is 0 Å². The Labute approximate surface area is 155 Å². The molecule has 4 rings (SSSR count). The Morgan fingerprint density at radius 1 is 1.11 bits per heavy atom. The molecule has 2 aliphatic rings. The third-order valence-corrected chi connectivity index (χ3v) is 4.78. The van der Waals surface area contributed by atoms with E-state index in [2.05, 4.69) is 10.6 Å². The van der Waals surface area contributed by atoms with Gasteiger partial charge in [-0.05, 0) is 18.2 Å². The van der Waals surface area contributed by atoms with Crippen molar-refractivity contribution in [2.75, 3.05) is 18.6 Å². The van der Waals surface area contributed by atoms with Gasteiger partial charge in [-0.25, -0.2) is 9.59 Å². The van der Waals surface area contributed by atoms with E-state index in [1.807, 2.05) is 6.07 Å². The largest absolute Gasteiger partial charge is 0.497 e. The monoisotopic (exact) mass is 367 g/mol. The number of amides is 4. The third kappa shape index (κ3) is 2.75. The van der Waals surface area contributed by atoms with E-state index in [9.17, 15) is 14.4 Å². The summed E-state index contributed by atoms with van der Waals surface area (Å²) in [6.07, 6.45) is -0.344. The van der Waals surface area contributed by atoms with Crippen LogP contribution in [0.4, 0.5) is 15.3 Å². The normalized spacial score (nSPS) is 20.7. The number of urea groups is 1. The summed E-state index contributed by atoms with van der Waals surface area (Å²) in [5.41, 5.74) is -0.232. The van der Waals surface area contributed by atoms with E-state index in [-0.39, 0.29) is 13.0 Å². The Balaban J connectivity index is 1.74. The molecule has 138 valence electrons. The highest BCUT2D eigenvalue weighted by atomic mass is 16.6. The molecule has 2 heterocycles. The molecule has 1 atom stereocenters. The number of ether oxygens (including phenoxy) is 2. The lowest BCUT2D eigenvalue weighted by molar-refractivity contribution is -0.124. The molecule has 1 spiro atoms. The van der Waals surface area contributed by atoms with Crippen molar-refractivity contribution in [3.05, 3.63) is 54.1 Å². The van der Waals surface area contributed by atoms with Crippen molar-refractivity contribution >= 4 is 23.7 Å². The summed E-state index contributed by atoms with van der Waals surface area (Å²) in [6.45, 7) is 0.194. The molecule has 1 fully saturated rings. The highest BCUT2D eigenvalue weighted by Crippen LogP contribution is 2.42. The van der Waals surface area contributed by atoms with Gasteiger partial charge in [-0.1, -0.05) is 24.3 Å². The molecule has 8 heteroatoms. The standard InChI is InChI=1S/C19H17N3O5/c1-26-13-7-8-14-15(11-13)22(18(25)27-12-5-3-2-4-6-12)10-9-19(14)16(23)20-17(24)21-19/h2-8,11H,9-10H2,1H3,(H2,20,21,23,24). The maximum absolute atomic E-state index is 12.8. The van der Waals surface area contributed by atoms with Crippen LogP contribution < -0.4 is 25.0 Å². The van der Waals surface area contributed by atoms with E-state index in [0.717, 1.165) is 0 Å². The number of nitrogens with one attached hydrogen (secondary N) is 2. The molecule has 2 N–H and O–H groups in total. The lowest BCUT2D eigenvalue weighted by Gasteiger charge is -2.38. The molecule has 1 saturated heterocycles. The van der Waals surface area contributed by atoms with Crippen LogP contribution >= 0.6 is 0 Å².